The Balaban J connectivity index is 2.13. The van der Waals surface area contributed by atoms with Crippen molar-refractivity contribution in [3.05, 3.63) is 41.5 Å². The standard InChI is InChI=1S/C14H14ClN3O2/c1-9-6-10(20-17-9)8-18-11-4-3-5-12(19-2)14(11)16-13(18)7-15/h3-6H,7-8H2,1-2H3. The van der Waals surface area contributed by atoms with Crippen molar-refractivity contribution in [2.24, 2.45) is 0 Å². The number of nitrogens with zero attached hydrogens (tertiary/aromatic N) is 3. The van der Waals surface area contributed by atoms with Crippen molar-refractivity contribution < 1.29 is 9.26 Å². The van der Waals surface area contributed by atoms with Gasteiger partial charge in [-0.1, -0.05) is 11.2 Å². The number of aryl methyl sites for hydroxylation is 1. The third-order valence-electron chi connectivity index (χ3n) is 3.15. The van der Waals surface area contributed by atoms with Crippen molar-refractivity contribution in [2.45, 2.75) is 19.3 Å². The zero-order chi connectivity index (χ0) is 14.1. The summed E-state index contributed by atoms with van der Waals surface area (Å²) < 4.78 is 12.6. The van der Waals surface area contributed by atoms with Crippen LogP contribution in [0.4, 0.5) is 0 Å². The molecule has 5 nitrogen and oxygen atoms in total. The van der Waals surface area contributed by atoms with Crippen molar-refractivity contribution >= 4 is 22.6 Å². The minimum atomic E-state index is 0.324. The summed E-state index contributed by atoms with van der Waals surface area (Å²) in [5.41, 5.74) is 2.63. The number of fused-ring (bicyclic) bond motifs is 1. The predicted molar refractivity (Wildman–Crippen MR) is 76.2 cm³/mol. The number of imidazole rings is 1. The lowest BCUT2D eigenvalue weighted by Crippen LogP contribution is -2.02. The number of benzene rings is 1. The van der Waals surface area contributed by atoms with Gasteiger partial charge in [0.1, 0.15) is 17.1 Å². The second-order valence-electron chi connectivity index (χ2n) is 4.51. The van der Waals surface area contributed by atoms with E-state index in [0.29, 0.717) is 12.4 Å². The van der Waals surface area contributed by atoms with E-state index in [9.17, 15) is 0 Å². The Morgan fingerprint density at radius 1 is 1.40 bits per heavy atom. The molecule has 0 aliphatic heterocycles. The number of methoxy groups -OCH3 is 1. The first kappa shape index (κ1) is 13.0. The van der Waals surface area contributed by atoms with Gasteiger partial charge in [-0.15, -0.1) is 11.6 Å². The molecule has 0 aliphatic rings. The Labute approximate surface area is 121 Å². The Kier molecular flexibility index (Phi) is 3.36. The van der Waals surface area contributed by atoms with E-state index in [-0.39, 0.29) is 0 Å². The van der Waals surface area contributed by atoms with Crippen LogP contribution in [0.2, 0.25) is 0 Å². The second kappa shape index (κ2) is 5.17. The van der Waals surface area contributed by atoms with Crippen LogP contribution in [0.25, 0.3) is 11.0 Å². The molecule has 0 radical (unpaired) electrons. The number of halogens is 1. The summed E-state index contributed by atoms with van der Waals surface area (Å²) in [6.07, 6.45) is 0. The van der Waals surface area contributed by atoms with Gasteiger partial charge in [-0.2, -0.15) is 0 Å². The van der Waals surface area contributed by atoms with Gasteiger partial charge in [-0.3, -0.25) is 0 Å². The van der Waals surface area contributed by atoms with E-state index in [2.05, 4.69) is 10.1 Å². The number of aromatic nitrogens is 3. The largest absolute Gasteiger partial charge is 0.494 e. The van der Waals surface area contributed by atoms with Crippen LogP contribution in [0.15, 0.2) is 28.8 Å². The number of alkyl halides is 1. The Morgan fingerprint density at radius 3 is 2.90 bits per heavy atom. The summed E-state index contributed by atoms with van der Waals surface area (Å²) in [5, 5.41) is 3.90. The number of ether oxygens (including phenoxy) is 1. The number of hydrogen-bond acceptors (Lipinski definition) is 4. The Bertz CT molecular complexity index is 748. The second-order valence-corrected chi connectivity index (χ2v) is 4.78. The van der Waals surface area contributed by atoms with E-state index < -0.39 is 0 Å². The topological polar surface area (TPSA) is 53.1 Å². The van der Waals surface area contributed by atoms with Crippen LogP contribution in [0.5, 0.6) is 5.75 Å². The molecule has 0 unspecified atom stereocenters. The monoisotopic (exact) mass is 291 g/mol. The third kappa shape index (κ3) is 2.14. The van der Waals surface area contributed by atoms with E-state index in [4.69, 9.17) is 20.9 Å². The molecule has 1 aromatic carbocycles. The Morgan fingerprint density at radius 2 is 2.25 bits per heavy atom. The van der Waals surface area contributed by atoms with Gasteiger partial charge in [-0.05, 0) is 19.1 Å². The molecule has 0 atom stereocenters. The molecule has 0 amide bonds. The highest BCUT2D eigenvalue weighted by Gasteiger charge is 2.15. The van der Waals surface area contributed by atoms with Crippen LogP contribution in [0.3, 0.4) is 0 Å². The SMILES string of the molecule is COc1cccc2c1nc(CCl)n2Cc1cc(C)no1. The molecule has 6 heteroatoms. The van der Waals surface area contributed by atoms with Crippen molar-refractivity contribution in [1.29, 1.82) is 0 Å². The van der Waals surface area contributed by atoms with Crippen molar-refractivity contribution in [2.75, 3.05) is 7.11 Å². The van der Waals surface area contributed by atoms with E-state index in [0.717, 1.165) is 34.1 Å². The summed E-state index contributed by atoms with van der Waals surface area (Å²) in [5.74, 6) is 2.61. The van der Waals surface area contributed by atoms with Crippen molar-refractivity contribution in [1.82, 2.24) is 14.7 Å². The van der Waals surface area contributed by atoms with E-state index in [1.807, 2.05) is 35.8 Å². The summed E-state index contributed by atoms with van der Waals surface area (Å²) >= 11 is 6.00. The van der Waals surface area contributed by atoms with Crippen LogP contribution in [0, 0.1) is 6.92 Å². The molecule has 20 heavy (non-hydrogen) atoms. The van der Waals surface area contributed by atoms with Gasteiger partial charge in [-0.25, -0.2) is 4.98 Å². The predicted octanol–water partition coefficient (Wildman–Crippen LogP) is 3.13. The molecule has 2 aromatic heterocycles. The fraction of sp³-hybridized carbons (Fsp3) is 0.286. The zero-order valence-electron chi connectivity index (χ0n) is 11.3. The smallest absolute Gasteiger partial charge is 0.156 e. The molecule has 2 heterocycles. The van der Waals surface area contributed by atoms with Crippen LogP contribution < -0.4 is 4.74 Å². The molecule has 0 aliphatic carbocycles. The highest BCUT2D eigenvalue weighted by molar-refractivity contribution is 6.16. The van der Waals surface area contributed by atoms with Gasteiger partial charge in [0, 0.05) is 6.07 Å². The average Bonchev–Trinajstić information content (AvgIpc) is 3.03. The minimum Gasteiger partial charge on any atom is -0.494 e. The molecule has 0 spiro atoms. The molecule has 0 N–H and O–H groups in total. The number of hydrogen-bond donors (Lipinski definition) is 0. The van der Waals surface area contributed by atoms with Crippen LogP contribution in [-0.2, 0) is 12.4 Å². The first-order chi connectivity index (χ1) is 9.72. The maximum Gasteiger partial charge on any atom is 0.156 e. The number of rotatable bonds is 4. The quantitative estimate of drug-likeness (QED) is 0.693. The molecule has 0 saturated heterocycles. The summed E-state index contributed by atoms with van der Waals surface area (Å²) in [6, 6.07) is 7.72. The summed E-state index contributed by atoms with van der Waals surface area (Å²) in [4.78, 5) is 4.55. The fourth-order valence-electron chi connectivity index (χ4n) is 2.26. The van der Waals surface area contributed by atoms with Gasteiger partial charge >= 0.3 is 0 Å². The minimum absolute atomic E-state index is 0.324. The van der Waals surface area contributed by atoms with Crippen molar-refractivity contribution in [3.8, 4) is 5.75 Å². The maximum atomic E-state index is 6.00. The normalized spacial score (nSPS) is 11.2. The molecular weight excluding hydrogens is 278 g/mol. The average molecular weight is 292 g/mol. The molecule has 0 fully saturated rings. The van der Waals surface area contributed by atoms with Crippen LogP contribution >= 0.6 is 11.6 Å². The summed E-state index contributed by atoms with van der Waals surface area (Å²) in [7, 11) is 1.63. The lowest BCUT2D eigenvalue weighted by atomic mass is 10.3. The molecule has 0 saturated carbocycles. The molecule has 3 rings (SSSR count). The molecule has 3 aromatic rings. The Hall–Kier alpha value is -2.01. The highest BCUT2D eigenvalue weighted by atomic mass is 35.5. The third-order valence-corrected chi connectivity index (χ3v) is 3.39. The zero-order valence-corrected chi connectivity index (χ0v) is 12.0. The lowest BCUT2D eigenvalue weighted by molar-refractivity contribution is 0.373. The molecular formula is C14H14ClN3O2. The van der Waals surface area contributed by atoms with Gasteiger partial charge in [0.05, 0.1) is 30.7 Å². The van der Waals surface area contributed by atoms with Gasteiger partial charge < -0.3 is 13.8 Å². The van der Waals surface area contributed by atoms with Gasteiger partial charge in [0.25, 0.3) is 0 Å². The van der Waals surface area contributed by atoms with Crippen molar-refractivity contribution in [3.63, 3.8) is 0 Å². The summed E-state index contributed by atoms with van der Waals surface area (Å²) in [6.45, 7) is 2.44. The molecule has 0 bridgehead atoms. The molecule has 104 valence electrons. The first-order valence-corrected chi connectivity index (χ1v) is 6.76. The fourth-order valence-corrected chi connectivity index (χ4v) is 2.46. The highest BCUT2D eigenvalue weighted by Crippen LogP contribution is 2.27. The van der Waals surface area contributed by atoms with Crippen LogP contribution in [0.1, 0.15) is 17.3 Å². The number of para-hydroxylation sites is 1. The maximum absolute atomic E-state index is 6.00. The van der Waals surface area contributed by atoms with E-state index in [1.54, 1.807) is 7.11 Å². The van der Waals surface area contributed by atoms with E-state index in [1.165, 1.54) is 0 Å². The van der Waals surface area contributed by atoms with Crippen LogP contribution in [-0.4, -0.2) is 21.8 Å². The van der Waals surface area contributed by atoms with Gasteiger partial charge in [0.15, 0.2) is 5.76 Å². The van der Waals surface area contributed by atoms with Gasteiger partial charge in [0.2, 0.25) is 0 Å². The van der Waals surface area contributed by atoms with E-state index >= 15 is 0 Å². The lowest BCUT2D eigenvalue weighted by Gasteiger charge is -2.05. The first-order valence-electron chi connectivity index (χ1n) is 6.23.